The van der Waals surface area contributed by atoms with Crippen LogP contribution in [0.4, 0.5) is 17.6 Å². The Morgan fingerprint density at radius 1 is 0.741 bits per heavy atom. The Morgan fingerprint density at radius 2 is 1.33 bits per heavy atom. The average molecular weight is 783 g/mol. The first-order valence-corrected chi connectivity index (χ1v) is 17.0. The van der Waals surface area contributed by atoms with E-state index < -0.39 is 95.7 Å². The van der Waals surface area contributed by atoms with E-state index in [0.29, 0.717) is 12.8 Å². The smallest absolute Gasteiger partial charge is 0.337 e. The van der Waals surface area contributed by atoms with Crippen molar-refractivity contribution in [2.75, 3.05) is 59.4 Å². The molecule has 0 radical (unpaired) electrons. The number of carbonyl (C=O) groups is 6. The third kappa shape index (κ3) is 16.7. The normalized spacial score (nSPS) is 19.4. The summed E-state index contributed by atoms with van der Waals surface area (Å²) in [5, 5.41) is 5.43. The van der Waals surface area contributed by atoms with Gasteiger partial charge in [-0.3, -0.25) is 24.0 Å². The summed E-state index contributed by atoms with van der Waals surface area (Å²) in [5.74, 6) is -13.1. The van der Waals surface area contributed by atoms with Crippen molar-refractivity contribution in [3.05, 3.63) is 29.3 Å². The summed E-state index contributed by atoms with van der Waals surface area (Å²) in [5.41, 5.74) is 0. The zero-order valence-electron chi connectivity index (χ0n) is 30.4. The minimum atomic E-state index is -1.85. The number of ether oxygens (including phenoxy) is 8. The fourth-order valence-electron chi connectivity index (χ4n) is 5.27. The lowest BCUT2D eigenvalue weighted by atomic mass is 9.79. The Hall–Kier alpha value is -4.40. The Kier molecular flexibility index (Phi) is 20.4. The van der Waals surface area contributed by atoms with Crippen LogP contribution in [-0.4, -0.2) is 119 Å². The third-order valence-corrected chi connectivity index (χ3v) is 7.50. The van der Waals surface area contributed by atoms with Crippen molar-refractivity contribution < 1.29 is 84.2 Å². The first-order chi connectivity index (χ1) is 25.6. The Morgan fingerprint density at radius 3 is 1.93 bits per heavy atom. The van der Waals surface area contributed by atoms with Crippen LogP contribution in [0.2, 0.25) is 0 Å². The minimum Gasteiger partial charge on any atom is -0.465 e. The molecule has 1 saturated carbocycles. The lowest BCUT2D eigenvalue weighted by Crippen LogP contribution is -2.63. The van der Waals surface area contributed by atoms with Gasteiger partial charge in [-0.25, -0.2) is 13.6 Å². The monoisotopic (exact) mass is 782 g/mol. The second-order valence-corrected chi connectivity index (χ2v) is 11.9. The Bertz CT molecular complexity index is 1410. The molecule has 54 heavy (non-hydrogen) atoms. The molecule has 0 heterocycles. The van der Waals surface area contributed by atoms with E-state index in [2.05, 4.69) is 15.4 Å². The van der Waals surface area contributed by atoms with Gasteiger partial charge in [-0.1, -0.05) is 0 Å². The summed E-state index contributed by atoms with van der Waals surface area (Å²) < 4.78 is 95.6. The predicted molar refractivity (Wildman–Crippen MR) is 174 cm³/mol. The van der Waals surface area contributed by atoms with Gasteiger partial charge in [0.05, 0.1) is 51.8 Å². The number of hydrogen-bond donors (Lipinski definition) is 2. The van der Waals surface area contributed by atoms with Crippen LogP contribution in [0.3, 0.4) is 0 Å². The highest BCUT2D eigenvalue weighted by Crippen LogP contribution is 2.33. The van der Waals surface area contributed by atoms with E-state index in [9.17, 15) is 46.3 Å². The van der Waals surface area contributed by atoms with Gasteiger partial charge in [-0.05, 0) is 19.3 Å². The second-order valence-electron chi connectivity index (χ2n) is 11.9. The highest BCUT2D eigenvalue weighted by Gasteiger charge is 2.50. The molecule has 2 amide bonds. The van der Waals surface area contributed by atoms with Crippen molar-refractivity contribution in [3.63, 3.8) is 0 Å². The van der Waals surface area contributed by atoms with Gasteiger partial charge in [0.15, 0.2) is 17.7 Å². The van der Waals surface area contributed by atoms with Crippen LogP contribution < -0.4 is 15.4 Å². The molecule has 5 atom stereocenters. The van der Waals surface area contributed by atoms with E-state index in [1.54, 1.807) is 0 Å². The summed E-state index contributed by atoms with van der Waals surface area (Å²) in [4.78, 5) is 71.4. The number of unbranched alkanes of at least 4 members (excludes halogenated alkanes) is 1. The lowest BCUT2D eigenvalue weighted by Gasteiger charge is -2.45. The van der Waals surface area contributed by atoms with Gasteiger partial charge in [0, 0.05) is 59.3 Å². The zero-order valence-corrected chi connectivity index (χ0v) is 30.4. The Labute approximate surface area is 308 Å². The largest absolute Gasteiger partial charge is 0.465 e. The number of esters is 4. The molecular weight excluding hydrogens is 736 g/mol. The van der Waals surface area contributed by atoms with E-state index in [0.717, 1.165) is 0 Å². The van der Waals surface area contributed by atoms with E-state index in [1.165, 1.54) is 27.7 Å². The van der Waals surface area contributed by atoms with Gasteiger partial charge in [0.2, 0.25) is 29.2 Å². The maximum atomic E-state index is 13.6. The van der Waals surface area contributed by atoms with Gasteiger partial charge in [0.25, 0.3) is 0 Å². The minimum absolute atomic E-state index is 0.0134. The van der Waals surface area contributed by atoms with Crippen molar-refractivity contribution >= 4 is 35.7 Å². The summed E-state index contributed by atoms with van der Waals surface area (Å²) >= 11 is 0. The SMILES string of the molecule is CC(=O)N[C@@H]1[C@@H](OC(C)=O)[C@@H](OC(C)=O)[C@@H](COC(C)=O)C[C@H]1OCCCCC(=O)NCCOCCOCCOCC(=O)Oc1c(F)c(F)cc(F)c1F. The fourth-order valence-corrected chi connectivity index (χ4v) is 5.27. The van der Waals surface area contributed by atoms with Gasteiger partial charge < -0.3 is 48.5 Å². The van der Waals surface area contributed by atoms with Gasteiger partial charge in [0.1, 0.15) is 12.7 Å². The molecule has 0 aromatic heterocycles. The standard InChI is InChI=1S/C34H46F4N2O14/c1-19(41)40-31-26(15-23(17-51-20(2)42)32(52-21(3)43)34(31)53-22(4)44)50-9-6-5-7-27(45)39-8-10-47-11-12-48-13-14-49-18-28(46)54-33-29(37)24(35)16-25(36)30(33)38/h16,23,26,31-32,34H,5-15,17-18H2,1-4H3,(H,39,45)(H,40,41)/t23-,26-,31+,32+,34-/m1/s1. The molecule has 1 aliphatic carbocycles. The van der Waals surface area contributed by atoms with Crippen LogP contribution in [-0.2, 0) is 61.9 Å². The van der Waals surface area contributed by atoms with Gasteiger partial charge in [-0.15, -0.1) is 0 Å². The van der Waals surface area contributed by atoms with Crippen molar-refractivity contribution in [3.8, 4) is 5.75 Å². The van der Waals surface area contributed by atoms with Crippen molar-refractivity contribution in [2.24, 2.45) is 5.92 Å². The number of carbonyl (C=O) groups excluding carboxylic acids is 6. The second kappa shape index (κ2) is 24.1. The summed E-state index contributed by atoms with van der Waals surface area (Å²) in [6, 6.07) is -0.903. The molecule has 2 N–H and O–H groups in total. The summed E-state index contributed by atoms with van der Waals surface area (Å²) in [6.07, 6.45) is -1.57. The molecule has 1 aromatic carbocycles. The number of amides is 2. The molecule has 20 heteroatoms. The molecule has 0 saturated heterocycles. The summed E-state index contributed by atoms with van der Waals surface area (Å²) in [6.45, 7) is 4.73. The predicted octanol–water partition coefficient (Wildman–Crippen LogP) is 1.82. The van der Waals surface area contributed by atoms with Crippen LogP contribution in [0.15, 0.2) is 6.07 Å². The molecule has 2 rings (SSSR count). The Balaban J connectivity index is 1.63. The third-order valence-electron chi connectivity index (χ3n) is 7.50. The zero-order chi connectivity index (χ0) is 40.2. The lowest BCUT2D eigenvalue weighted by molar-refractivity contribution is -0.193. The van der Waals surface area contributed by atoms with Crippen LogP contribution in [0.25, 0.3) is 0 Å². The first kappa shape index (κ1) is 45.8. The van der Waals surface area contributed by atoms with Gasteiger partial charge in [-0.2, -0.15) is 8.78 Å². The molecule has 0 unspecified atom stereocenters. The van der Waals surface area contributed by atoms with Crippen LogP contribution in [0.5, 0.6) is 5.75 Å². The summed E-state index contributed by atoms with van der Waals surface area (Å²) in [7, 11) is 0. The molecule has 1 aliphatic rings. The van der Waals surface area contributed by atoms with Crippen molar-refractivity contribution in [1.29, 1.82) is 0 Å². The molecule has 304 valence electrons. The molecule has 1 aromatic rings. The van der Waals surface area contributed by atoms with Crippen molar-refractivity contribution in [1.82, 2.24) is 10.6 Å². The molecule has 16 nitrogen and oxygen atoms in total. The molecular formula is C34H46F4N2O14. The van der Waals surface area contributed by atoms with Crippen LogP contribution in [0, 0.1) is 29.2 Å². The molecule has 0 bridgehead atoms. The first-order valence-electron chi connectivity index (χ1n) is 17.0. The topological polar surface area (TPSA) is 200 Å². The van der Waals surface area contributed by atoms with E-state index in [4.69, 9.17) is 33.2 Å². The maximum absolute atomic E-state index is 13.6. The maximum Gasteiger partial charge on any atom is 0.337 e. The highest BCUT2D eigenvalue weighted by atomic mass is 19.2. The molecule has 0 aliphatic heterocycles. The van der Waals surface area contributed by atoms with Crippen molar-refractivity contribution in [2.45, 2.75) is 77.7 Å². The highest BCUT2D eigenvalue weighted by molar-refractivity contribution is 5.76. The fraction of sp³-hybridized carbons (Fsp3) is 0.647. The average Bonchev–Trinajstić information content (AvgIpc) is 3.08. The molecule has 0 spiro atoms. The quantitative estimate of drug-likeness (QED) is 0.0407. The van der Waals surface area contributed by atoms with E-state index in [1.807, 2.05) is 0 Å². The van der Waals surface area contributed by atoms with Crippen LogP contribution in [0.1, 0.15) is 53.4 Å². The van der Waals surface area contributed by atoms with E-state index in [-0.39, 0.29) is 77.6 Å². The van der Waals surface area contributed by atoms with Crippen LogP contribution >= 0.6 is 0 Å². The number of nitrogens with one attached hydrogen (secondary N) is 2. The number of halogens is 4. The van der Waals surface area contributed by atoms with E-state index >= 15 is 0 Å². The number of rotatable bonds is 23. The van der Waals surface area contributed by atoms with Gasteiger partial charge >= 0.3 is 23.9 Å². The number of benzene rings is 1. The molecule has 1 fully saturated rings. The number of hydrogen-bond acceptors (Lipinski definition) is 14.